The van der Waals surface area contributed by atoms with Crippen LogP contribution in [-0.2, 0) is 4.74 Å². The van der Waals surface area contributed by atoms with E-state index in [1.54, 1.807) is 6.07 Å². The highest BCUT2D eigenvalue weighted by Gasteiger charge is 2.09. The monoisotopic (exact) mass is 258 g/mol. The van der Waals surface area contributed by atoms with Gasteiger partial charge >= 0.3 is 5.97 Å². The molecule has 17 heavy (non-hydrogen) atoms. The van der Waals surface area contributed by atoms with Crippen molar-refractivity contribution in [3.63, 3.8) is 0 Å². The van der Waals surface area contributed by atoms with Crippen LogP contribution in [0.1, 0.15) is 23.7 Å². The summed E-state index contributed by atoms with van der Waals surface area (Å²) >= 11 is 5.74. The number of hydrogen-bond acceptors (Lipinski definition) is 3. The summed E-state index contributed by atoms with van der Waals surface area (Å²) < 4.78 is 10.6. The van der Waals surface area contributed by atoms with Crippen LogP contribution in [0.25, 0.3) is 0 Å². The summed E-state index contributed by atoms with van der Waals surface area (Å²) in [6.45, 7) is 3.74. The van der Waals surface area contributed by atoms with Crippen molar-refractivity contribution in [1.29, 1.82) is 0 Å². The summed E-state index contributed by atoms with van der Waals surface area (Å²) in [5.74, 6) is -0.557. The van der Waals surface area contributed by atoms with E-state index in [9.17, 15) is 4.79 Å². The van der Waals surface area contributed by atoms with Gasteiger partial charge in [-0.25, -0.2) is 4.79 Å². The molecule has 0 amide bonds. The van der Waals surface area contributed by atoms with Crippen molar-refractivity contribution in [2.45, 2.75) is 13.3 Å². The highest BCUT2D eigenvalue weighted by molar-refractivity contribution is 6.33. The number of hydrogen-bond donors (Lipinski definition) is 1. The quantitative estimate of drug-likeness (QED) is 0.764. The molecule has 94 valence electrons. The van der Waals surface area contributed by atoms with Crippen LogP contribution in [0.3, 0.4) is 0 Å². The van der Waals surface area contributed by atoms with Crippen LogP contribution in [-0.4, -0.2) is 30.9 Å². The Bertz CT molecular complexity index is 379. The zero-order chi connectivity index (χ0) is 12.7. The van der Waals surface area contributed by atoms with Crippen molar-refractivity contribution in [2.75, 3.05) is 19.8 Å². The van der Waals surface area contributed by atoms with E-state index >= 15 is 0 Å². The van der Waals surface area contributed by atoms with Crippen LogP contribution in [0.2, 0.25) is 5.02 Å². The molecule has 4 nitrogen and oxygen atoms in total. The second kappa shape index (κ2) is 7.14. The molecule has 0 unspecified atom stereocenters. The topological polar surface area (TPSA) is 55.8 Å². The van der Waals surface area contributed by atoms with Crippen molar-refractivity contribution in [3.05, 3.63) is 28.8 Å². The van der Waals surface area contributed by atoms with Gasteiger partial charge in [-0.1, -0.05) is 11.6 Å². The Morgan fingerprint density at radius 1 is 1.41 bits per heavy atom. The van der Waals surface area contributed by atoms with Gasteiger partial charge < -0.3 is 14.6 Å². The third kappa shape index (κ3) is 4.63. The molecule has 0 aliphatic rings. The van der Waals surface area contributed by atoms with Crippen LogP contribution in [0, 0.1) is 0 Å². The van der Waals surface area contributed by atoms with Crippen LogP contribution < -0.4 is 4.74 Å². The molecule has 0 heterocycles. The van der Waals surface area contributed by atoms with Gasteiger partial charge in [0.15, 0.2) is 0 Å². The smallest absolute Gasteiger partial charge is 0.337 e. The minimum Gasteiger partial charge on any atom is -0.493 e. The van der Waals surface area contributed by atoms with Gasteiger partial charge in [-0.3, -0.25) is 0 Å². The van der Waals surface area contributed by atoms with E-state index in [0.717, 1.165) is 6.42 Å². The minimum absolute atomic E-state index is 0.0500. The third-order valence-corrected chi connectivity index (χ3v) is 2.40. The number of halogens is 1. The lowest BCUT2D eigenvalue weighted by Crippen LogP contribution is -2.04. The van der Waals surface area contributed by atoms with E-state index in [-0.39, 0.29) is 10.6 Å². The second-order valence-corrected chi connectivity index (χ2v) is 3.75. The average molecular weight is 259 g/mol. The SMILES string of the molecule is CCOCCCOc1ccc(Cl)c(C(=O)O)c1. The standard InChI is InChI=1S/C12H15ClO4/c1-2-16-6-3-7-17-9-4-5-11(13)10(8-9)12(14)15/h4-5,8H,2-3,6-7H2,1H3,(H,14,15). The van der Waals surface area contributed by atoms with E-state index in [2.05, 4.69) is 0 Å². The Labute approximate surface area is 105 Å². The van der Waals surface area contributed by atoms with Crippen LogP contribution >= 0.6 is 11.6 Å². The number of carbonyl (C=O) groups is 1. The number of rotatable bonds is 7. The molecule has 0 bridgehead atoms. The summed E-state index contributed by atoms with van der Waals surface area (Å²) in [5, 5.41) is 9.08. The lowest BCUT2D eigenvalue weighted by atomic mass is 10.2. The van der Waals surface area contributed by atoms with Gasteiger partial charge in [-0.05, 0) is 25.1 Å². The molecule has 1 aromatic carbocycles. The predicted octanol–water partition coefficient (Wildman–Crippen LogP) is 2.84. The van der Waals surface area contributed by atoms with Crippen molar-refractivity contribution in [1.82, 2.24) is 0 Å². The fourth-order valence-corrected chi connectivity index (χ4v) is 1.45. The Hall–Kier alpha value is -1.26. The normalized spacial score (nSPS) is 10.2. The maximum atomic E-state index is 10.8. The zero-order valence-corrected chi connectivity index (χ0v) is 10.4. The third-order valence-electron chi connectivity index (χ3n) is 2.07. The van der Waals surface area contributed by atoms with Crippen LogP contribution in [0.4, 0.5) is 0 Å². The first kappa shape index (κ1) is 13.8. The lowest BCUT2D eigenvalue weighted by molar-refractivity contribution is 0.0696. The largest absolute Gasteiger partial charge is 0.493 e. The zero-order valence-electron chi connectivity index (χ0n) is 9.61. The van der Waals surface area contributed by atoms with Crippen molar-refractivity contribution < 1.29 is 19.4 Å². The Kier molecular flexibility index (Phi) is 5.80. The van der Waals surface area contributed by atoms with E-state index in [1.807, 2.05) is 6.92 Å². The first-order valence-corrected chi connectivity index (χ1v) is 5.76. The molecule has 0 aromatic heterocycles. The molecule has 0 saturated carbocycles. The molecule has 1 rings (SSSR count). The van der Waals surface area contributed by atoms with Crippen molar-refractivity contribution in [3.8, 4) is 5.75 Å². The molecule has 1 N–H and O–H groups in total. The Morgan fingerprint density at radius 2 is 2.18 bits per heavy atom. The molecule has 0 spiro atoms. The summed E-state index contributed by atoms with van der Waals surface area (Å²) in [7, 11) is 0. The molecule has 0 atom stereocenters. The molecule has 0 aliphatic heterocycles. The minimum atomic E-state index is -1.06. The van der Waals surface area contributed by atoms with Crippen molar-refractivity contribution >= 4 is 17.6 Å². The maximum Gasteiger partial charge on any atom is 0.337 e. The molecule has 5 heteroatoms. The summed E-state index contributed by atoms with van der Waals surface area (Å²) in [6, 6.07) is 4.59. The summed E-state index contributed by atoms with van der Waals surface area (Å²) in [6.07, 6.45) is 0.763. The van der Waals surface area contributed by atoms with E-state index in [4.69, 9.17) is 26.2 Å². The number of carboxylic acid groups (broad SMARTS) is 1. The molecular formula is C12H15ClO4. The number of ether oxygens (including phenoxy) is 2. The predicted molar refractivity (Wildman–Crippen MR) is 65.0 cm³/mol. The first-order chi connectivity index (χ1) is 8.15. The summed E-state index contributed by atoms with van der Waals surface area (Å²) in [5.41, 5.74) is 0.0500. The second-order valence-electron chi connectivity index (χ2n) is 3.35. The van der Waals surface area contributed by atoms with E-state index in [1.165, 1.54) is 12.1 Å². The molecule has 0 radical (unpaired) electrons. The molecule has 0 fully saturated rings. The van der Waals surface area contributed by atoms with Crippen molar-refractivity contribution in [2.24, 2.45) is 0 Å². The average Bonchev–Trinajstić information content (AvgIpc) is 2.30. The molecule has 0 aliphatic carbocycles. The number of benzene rings is 1. The highest BCUT2D eigenvalue weighted by atomic mass is 35.5. The van der Waals surface area contributed by atoms with Crippen LogP contribution in [0.5, 0.6) is 5.75 Å². The van der Waals surface area contributed by atoms with Gasteiger partial charge in [-0.15, -0.1) is 0 Å². The van der Waals surface area contributed by atoms with Gasteiger partial charge in [0.2, 0.25) is 0 Å². The van der Waals surface area contributed by atoms with Gasteiger partial charge in [-0.2, -0.15) is 0 Å². The molecule has 1 aromatic rings. The Balaban J connectivity index is 2.49. The van der Waals surface area contributed by atoms with E-state index < -0.39 is 5.97 Å². The van der Waals surface area contributed by atoms with Gasteiger partial charge in [0.25, 0.3) is 0 Å². The first-order valence-electron chi connectivity index (χ1n) is 5.38. The summed E-state index contributed by atoms with van der Waals surface area (Å²) in [4.78, 5) is 10.8. The fourth-order valence-electron chi connectivity index (χ4n) is 1.25. The number of aromatic carboxylic acids is 1. The van der Waals surface area contributed by atoms with Gasteiger partial charge in [0.1, 0.15) is 5.75 Å². The highest BCUT2D eigenvalue weighted by Crippen LogP contribution is 2.22. The van der Waals surface area contributed by atoms with E-state index in [0.29, 0.717) is 25.6 Å². The number of carboxylic acids is 1. The fraction of sp³-hybridized carbons (Fsp3) is 0.417. The Morgan fingerprint density at radius 3 is 2.82 bits per heavy atom. The lowest BCUT2D eigenvalue weighted by Gasteiger charge is -2.07. The van der Waals surface area contributed by atoms with Gasteiger partial charge in [0.05, 0.1) is 17.2 Å². The molecular weight excluding hydrogens is 244 g/mol. The molecule has 0 saturated heterocycles. The maximum absolute atomic E-state index is 10.8. The van der Waals surface area contributed by atoms with Gasteiger partial charge in [0, 0.05) is 19.6 Å². The van der Waals surface area contributed by atoms with Crippen LogP contribution in [0.15, 0.2) is 18.2 Å².